The first-order valence-corrected chi connectivity index (χ1v) is 9.20. The van der Waals surface area contributed by atoms with Crippen LogP contribution in [0.1, 0.15) is 45.4 Å². The first-order valence-electron chi connectivity index (χ1n) is 9.20. The van der Waals surface area contributed by atoms with E-state index in [9.17, 15) is 4.79 Å². The monoisotopic (exact) mass is 365 g/mol. The van der Waals surface area contributed by atoms with Crippen LogP contribution in [0, 0.1) is 0 Å². The Hall–Kier alpha value is -2.89. The van der Waals surface area contributed by atoms with Crippen molar-refractivity contribution in [3.05, 3.63) is 48.6 Å². The van der Waals surface area contributed by atoms with E-state index in [1.165, 1.54) is 0 Å². The minimum atomic E-state index is -0.516. The van der Waals surface area contributed by atoms with E-state index in [1.807, 2.05) is 51.2 Å². The third-order valence-electron chi connectivity index (χ3n) is 4.59. The molecule has 6 heteroatoms. The van der Waals surface area contributed by atoms with Crippen molar-refractivity contribution in [1.29, 1.82) is 0 Å². The van der Waals surface area contributed by atoms with Gasteiger partial charge in [-0.2, -0.15) is 0 Å². The molecule has 0 unspecified atom stereocenters. The van der Waals surface area contributed by atoms with Gasteiger partial charge in [0.05, 0.1) is 6.04 Å². The normalized spacial score (nSPS) is 17.4. The summed E-state index contributed by atoms with van der Waals surface area (Å²) in [5.74, 6) is 0.754. The van der Waals surface area contributed by atoms with Gasteiger partial charge in [0.15, 0.2) is 5.58 Å². The molecule has 3 aromatic rings. The summed E-state index contributed by atoms with van der Waals surface area (Å²) in [6.45, 7) is 6.30. The predicted molar refractivity (Wildman–Crippen MR) is 102 cm³/mol. The molecule has 6 nitrogen and oxygen atoms in total. The Morgan fingerprint density at radius 1 is 1.26 bits per heavy atom. The molecular formula is C21H23N3O3. The zero-order valence-electron chi connectivity index (χ0n) is 15.8. The van der Waals surface area contributed by atoms with Gasteiger partial charge in [0.25, 0.3) is 0 Å². The third kappa shape index (κ3) is 3.65. The van der Waals surface area contributed by atoms with Crippen LogP contribution in [0.2, 0.25) is 0 Å². The first kappa shape index (κ1) is 17.5. The molecule has 0 saturated carbocycles. The summed E-state index contributed by atoms with van der Waals surface area (Å²) in [6, 6.07) is 7.66. The summed E-state index contributed by atoms with van der Waals surface area (Å²) < 4.78 is 11.6. The van der Waals surface area contributed by atoms with E-state index in [0.717, 1.165) is 35.2 Å². The summed E-state index contributed by atoms with van der Waals surface area (Å²) in [6.07, 6.45) is 6.84. The van der Waals surface area contributed by atoms with Gasteiger partial charge in [-0.3, -0.25) is 14.9 Å². The summed E-state index contributed by atoms with van der Waals surface area (Å²) in [5, 5.41) is 0. The van der Waals surface area contributed by atoms with Crippen LogP contribution in [-0.4, -0.2) is 33.1 Å². The van der Waals surface area contributed by atoms with Crippen LogP contribution in [0.25, 0.3) is 22.2 Å². The predicted octanol–water partition coefficient (Wildman–Crippen LogP) is 4.96. The van der Waals surface area contributed by atoms with Crippen LogP contribution in [0.4, 0.5) is 4.79 Å². The molecule has 0 spiro atoms. The van der Waals surface area contributed by atoms with Crippen LogP contribution < -0.4 is 0 Å². The van der Waals surface area contributed by atoms with Crippen molar-refractivity contribution in [2.75, 3.05) is 6.54 Å². The molecule has 4 heterocycles. The molecule has 0 aromatic carbocycles. The second kappa shape index (κ2) is 6.68. The lowest BCUT2D eigenvalue weighted by molar-refractivity contribution is 0.0209. The molecule has 3 aromatic heterocycles. The fraction of sp³-hybridized carbons (Fsp3) is 0.381. The summed E-state index contributed by atoms with van der Waals surface area (Å²) in [5.41, 5.74) is 2.92. The van der Waals surface area contributed by atoms with Crippen molar-refractivity contribution in [2.24, 2.45) is 0 Å². The number of fused-ring (bicyclic) bond motifs is 1. The van der Waals surface area contributed by atoms with E-state index in [4.69, 9.17) is 9.15 Å². The van der Waals surface area contributed by atoms with E-state index in [1.54, 1.807) is 17.3 Å². The Balaban J connectivity index is 1.62. The molecule has 0 N–H and O–H groups in total. The Bertz CT molecular complexity index is 960. The number of carbonyl (C=O) groups is 1. The largest absolute Gasteiger partial charge is 0.457 e. The second-order valence-corrected chi connectivity index (χ2v) is 7.83. The smallest absolute Gasteiger partial charge is 0.410 e. The number of furan rings is 1. The number of hydrogen-bond donors (Lipinski definition) is 0. The summed E-state index contributed by atoms with van der Waals surface area (Å²) >= 11 is 0. The number of aromatic nitrogens is 2. The Morgan fingerprint density at radius 3 is 2.85 bits per heavy atom. The lowest BCUT2D eigenvalue weighted by atomic mass is 10.1. The highest BCUT2D eigenvalue weighted by molar-refractivity contribution is 5.79. The number of pyridine rings is 2. The van der Waals surface area contributed by atoms with Crippen molar-refractivity contribution in [2.45, 2.75) is 45.3 Å². The zero-order chi connectivity index (χ0) is 19.0. The topological polar surface area (TPSA) is 68.5 Å². The number of nitrogens with zero attached hydrogens (tertiary/aromatic N) is 3. The molecule has 1 atom stereocenters. The van der Waals surface area contributed by atoms with E-state index in [-0.39, 0.29) is 12.1 Å². The Morgan fingerprint density at radius 2 is 2.11 bits per heavy atom. The molecule has 4 rings (SSSR count). The lowest BCUT2D eigenvalue weighted by Crippen LogP contribution is -2.36. The zero-order valence-corrected chi connectivity index (χ0v) is 15.8. The van der Waals surface area contributed by atoms with Crippen molar-refractivity contribution >= 4 is 17.2 Å². The lowest BCUT2D eigenvalue weighted by Gasteiger charge is -2.27. The maximum Gasteiger partial charge on any atom is 0.410 e. The fourth-order valence-electron chi connectivity index (χ4n) is 3.39. The van der Waals surface area contributed by atoms with Gasteiger partial charge in [-0.1, -0.05) is 6.07 Å². The van der Waals surface area contributed by atoms with Gasteiger partial charge in [0, 0.05) is 42.3 Å². The second-order valence-electron chi connectivity index (χ2n) is 7.83. The molecule has 1 amide bonds. The molecule has 1 saturated heterocycles. The summed E-state index contributed by atoms with van der Waals surface area (Å²) in [7, 11) is 0. The average molecular weight is 365 g/mol. The first-order chi connectivity index (χ1) is 12.9. The van der Waals surface area contributed by atoms with Gasteiger partial charge in [-0.25, -0.2) is 4.79 Å². The van der Waals surface area contributed by atoms with Crippen molar-refractivity contribution < 1.29 is 13.9 Å². The van der Waals surface area contributed by atoms with Crippen molar-refractivity contribution in [1.82, 2.24) is 14.9 Å². The van der Waals surface area contributed by atoms with E-state index in [2.05, 4.69) is 9.97 Å². The van der Waals surface area contributed by atoms with Crippen LogP contribution in [0.3, 0.4) is 0 Å². The maximum atomic E-state index is 12.5. The number of carbonyl (C=O) groups excluding carboxylic acids is 1. The maximum absolute atomic E-state index is 12.5. The molecule has 0 bridgehead atoms. The van der Waals surface area contributed by atoms with Gasteiger partial charge in [0.2, 0.25) is 0 Å². The fourth-order valence-corrected chi connectivity index (χ4v) is 3.39. The van der Waals surface area contributed by atoms with E-state index in [0.29, 0.717) is 12.1 Å². The van der Waals surface area contributed by atoms with E-state index >= 15 is 0 Å². The minimum Gasteiger partial charge on any atom is -0.457 e. The molecule has 0 aliphatic carbocycles. The number of likely N-dealkylation sites (tertiary alicyclic amines) is 1. The average Bonchev–Trinajstić information content (AvgIpc) is 3.27. The number of amides is 1. The third-order valence-corrected chi connectivity index (χ3v) is 4.59. The number of hydrogen-bond acceptors (Lipinski definition) is 5. The highest BCUT2D eigenvalue weighted by Crippen LogP contribution is 2.36. The van der Waals surface area contributed by atoms with Gasteiger partial charge in [-0.05, 0) is 45.7 Å². The molecule has 27 heavy (non-hydrogen) atoms. The Labute approximate surface area is 158 Å². The van der Waals surface area contributed by atoms with Crippen LogP contribution >= 0.6 is 0 Å². The molecule has 1 fully saturated rings. The van der Waals surface area contributed by atoms with Gasteiger partial charge < -0.3 is 9.15 Å². The molecule has 1 aliphatic rings. The molecule has 0 radical (unpaired) electrons. The SMILES string of the molecule is CC(C)(C)OC(=O)N1CCC[C@H]1c1cc2ncc(-c3cccnc3)cc2o1. The minimum absolute atomic E-state index is 0.115. The van der Waals surface area contributed by atoms with E-state index < -0.39 is 5.60 Å². The highest BCUT2D eigenvalue weighted by Gasteiger charge is 2.35. The number of ether oxygens (including phenoxy) is 1. The van der Waals surface area contributed by atoms with Crippen LogP contribution in [-0.2, 0) is 4.74 Å². The standard InChI is InChI=1S/C21H23N3O3/c1-21(2,3)27-20(25)24-9-5-7-17(24)19-11-16-18(26-19)10-15(13-23-16)14-6-4-8-22-12-14/h4,6,8,10-13,17H,5,7,9H2,1-3H3/t17-/m0/s1. The van der Waals surface area contributed by atoms with Crippen LogP contribution in [0.15, 0.2) is 47.3 Å². The van der Waals surface area contributed by atoms with Gasteiger partial charge >= 0.3 is 6.09 Å². The van der Waals surface area contributed by atoms with Gasteiger partial charge in [-0.15, -0.1) is 0 Å². The molecular weight excluding hydrogens is 342 g/mol. The van der Waals surface area contributed by atoms with Gasteiger partial charge in [0.1, 0.15) is 16.9 Å². The van der Waals surface area contributed by atoms with Crippen molar-refractivity contribution in [3.63, 3.8) is 0 Å². The quantitative estimate of drug-likeness (QED) is 0.642. The van der Waals surface area contributed by atoms with Crippen LogP contribution in [0.5, 0.6) is 0 Å². The van der Waals surface area contributed by atoms with Crippen molar-refractivity contribution in [3.8, 4) is 11.1 Å². The number of rotatable bonds is 2. The molecule has 1 aliphatic heterocycles. The summed E-state index contributed by atoms with van der Waals surface area (Å²) in [4.78, 5) is 23.0. The molecule has 140 valence electrons. The Kier molecular flexibility index (Phi) is 4.34. The highest BCUT2D eigenvalue weighted by atomic mass is 16.6.